The van der Waals surface area contributed by atoms with Crippen LogP contribution in [0.2, 0.25) is 0 Å². The summed E-state index contributed by atoms with van der Waals surface area (Å²) < 4.78 is 39.0. The van der Waals surface area contributed by atoms with E-state index >= 15 is 0 Å². The van der Waals surface area contributed by atoms with Gasteiger partial charge in [0, 0.05) is 25.5 Å². The Hall–Kier alpha value is -3.01. The van der Waals surface area contributed by atoms with E-state index in [0.29, 0.717) is 11.5 Å². The zero-order valence-electron chi connectivity index (χ0n) is 19.2. The standard InChI is InChI=1S/C24H29N3O5S/c1-17-13-25-24(26-14-17)23(28)18(2)33(29,30)27(15-19-5-9-21(31-3)10-6-19)16-20-7-11-22(32-4)12-8-20/h5-14,18,23,28H,15-16H2,1-4H3/t18-,23-/m0/s1. The quantitative estimate of drug-likeness (QED) is 0.484. The summed E-state index contributed by atoms with van der Waals surface area (Å²) in [6, 6.07) is 14.4. The fourth-order valence-electron chi connectivity index (χ4n) is 3.27. The SMILES string of the molecule is COc1ccc(CN(Cc2ccc(OC)cc2)S(=O)(=O)[C@@H](C)[C@H](O)c2ncc(C)cn2)cc1. The number of aryl methyl sites for hydroxylation is 1. The van der Waals surface area contributed by atoms with Gasteiger partial charge < -0.3 is 14.6 Å². The molecular weight excluding hydrogens is 442 g/mol. The van der Waals surface area contributed by atoms with Crippen molar-refractivity contribution < 1.29 is 23.0 Å². The van der Waals surface area contributed by atoms with Gasteiger partial charge in [0.2, 0.25) is 10.0 Å². The van der Waals surface area contributed by atoms with Crippen molar-refractivity contribution in [3.8, 4) is 11.5 Å². The first-order valence-electron chi connectivity index (χ1n) is 10.5. The Labute approximate surface area is 194 Å². The second-order valence-electron chi connectivity index (χ2n) is 7.78. The maximum absolute atomic E-state index is 13.6. The molecule has 2 aromatic carbocycles. The van der Waals surface area contributed by atoms with Crippen LogP contribution in [0.15, 0.2) is 60.9 Å². The minimum absolute atomic E-state index is 0.0746. The molecule has 0 aliphatic carbocycles. The molecule has 0 spiro atoms. The van der Waals surface area contributed by atoms with Crippen LogP contribution in [0.25, 0.3) is 0 Å². The van der Waals surface area contributed by atoms with E-state index in [-0.39, 0.29) is 18.9 Å². The summed E-state index contributed by atoms with van der Waals surface area (Å²) in [5, 5.41) is 9.61. The monoisotopic (exact) mass is 471 g/mol. The highest BCUT2D eigenvalue weighted by molar-refractivity contribution is 7.89. The molecule has 1 heterocycles. The number of aliphatic hydroxyl groups excluding tert-OH is 1. The molecule has 9 heteroatoms. The fourth-order valence-corrected chi connectivity index (χ4v) is 4.84. The molecule has 0 radical (unpaired) electrons. The van der Waals surface area contributed by atoms with Crippen molar-refractivity contribution in [3.05, 3.63) is 83.4 Å². The van der Waals surface area contributed by atoms with E-state index in [0.717, 1.165) is 16.7 Å². The predicted octanol–water partition coefficient (Wildman–Crippen LogP) is 3.26. The van der Waals surface area contributed by atoms with E-state index in [1.807, 2.05) is 31.2 Å². The van der Waals surface area contributed by atoms with Crippen LogP contribution in [-0.2, 0) is 23.1 Å². The molecular formula is C24H29N3O5S. The van der Waals surface area contributed by atoms with Gasteiger partial charge in [0.05, 0.1) is 14.2 Å². The van der Waals surface area contributed by atoms with Crippen molar-refractivity contribution in [1.29, 1.82) is 0 Å². The smallest absolute Gasteiger partial charge is 0.220 e. The lowest BCUT2D eigenvalue weighted by molar-refractivity contribution is 0.162. The van der Waals surface area contributed by atoms with E-state index in [1.54, 1.807) is 50.9 Å². The maximum atomic E-state index is 13.6. The van der Waals surface area contributed by atoms with Gasteiger partial charge in [0.25, 0.3) is 0 Å². The summed E-state index contributed by atoms with van der Waals surface area (Å²) in [5.74, 6) is 1.44. The van der Waals surface area contributed by atoms with Crippen molar-refractivity contribution in [2.75, 3.05) is 14.2 Å². The number of ether oxygens (including phenoxy) is 2. The maximum Gasteiger partial charge on any atom is 0.220 e. The number of hydrogen-bond acceptors (Lipinski definition) is 7. The van der Waals surface area contributed by atoms with Crippen LogP contribution in [0.1, 0.15) is 35.5 Å². The molecule has 33 heavy (non-hydrogen) atoms. The Morgan fingerprint density at radius 1 is 0.879 bits per heavy atom. The van der Waals surface area contributed by atoms with E-state index in [4.69, 9.17) is 9.47 Å². The number of hydrogen-bond donors (Lipinski definition) is 1. The van der Waals surface area contributed by atoms with Crippen LogP contribution >= 0.6 is 0 Å². The summed E-state index contributed by atoms with van der Waals surface area (Å²) in [6.07, 6.45) is 1.74. The van der Waals surface area contributed by atoms with Crippen molar-refractivity contribution in [3.63, 3.8) is 0 Å². The molecule has 0 amide bonds. The largest absolute Gasteiger partial charge is 0.497 e. The third-order valence-electron chi connectivity index (χ3n) is 5.38. The number of sulfonamides is 1. The highest BCUT2D eigenvalue weighted by Crippen LogP contribution is 2.26. The van der Waals surface area contributed by atoms with Crippen LogP contribution in [0, 0.1) is 6.92 Å². The van der Waals surface area contributed by atoms with Crippen LogP contribution in [0.5, 0.6) is 11.5 Å². The Balaban J connectivity index is 1.91. The van der Waals surface area contributed by atoms with Crippen molar-refractivity contribution in [1.82, 2.24) is 14.3 Å². The molecule has 0 saturated carbocycles. The molecule has 176 valence electrons. The first kappa shape index (κ1) is 24.6. The zero-order valence-corrected chi connectivity index (χ0v) is 20.0. The summed E-state index contributed by atoms with van der Waals surface area (Å²) in [5.41, 5.74) is 2.41. The molecule has 8 nitrogen and oxygen atoms in total. The molecule has 1 aromatic heterocycles. The molecule has 0 unspecified atom stereocenters. The number of rotatable bonds is 10. The normalized spacial score (nSPS) is 13.5. The van der Waals surface area contributed by atoms with Gasteiger partial charge in [-0.05, 0) is 54.8 Å². The lowest BCUT2D eigenvalue weighted by Crippen LogP contribution is -2.40. The number of aromatic nitrogens is 2. The van der Waals surface area contributed by atoms with E-state index in [9.17, 15) is 13.5 Å². The van der Waals surface area contributed by atoms with Crippen LogP contribution in [0.4, 0.5) is 0 Å². The first-order chi connectivity index (χ1) is 15.7. The van der Waals surface area contributed by atoms with E-state index in [2.05, 4.69) is 9.97 Å². The average Bonchev–Trinajstić information content (AvgIpc) is 2.84. The van der Waals surface area contributed by atoms with Gasteiger partial charge in [0.1, 0.15) is 22.9 Å². The van der Waals surface area contributed by atoms with Gasteiger partial charge in [-0.2, -0.15) is 4.31 Å². The molecule has 2 atom stereocenters. The number of nitrogens with zero attached hydrogens (tertiary/aromatic N) is 3. The third kappa shape index (κ3) is 6.07. The second kappa shape index (κ2) is 10.7. The fraction of sp³-hybridized carbons (Fsp3) is 0.333. The summed E-state index contributed by atoms with van der Waals surface area (Å²) >= 11 is 0. The molecule has 0 saturated heterocycles. The van der Waals surface area contributed by atoms with Crippen LogP contribution in [0.3, 0.4) is 0 Å². The van der Waals surface area contributed by atoms with E-state index < -0.39 is 21.4 Å². The lowest BCUT2D eigenvalue weighted by atomic mass is 10.2. The Morgan fingerprint density at radius 3 is 1.70 bits per heavy atom. The van der Waals surface area contributed by atoms with Crippen molar-refractivity contribution in [2.45, 2.75) is 38.3 Å². The topological polar surface area (TPSA) is 102 Å². The van der Waals surface area contributed by atoms with Gasteiger partial charge in [-0.25, -0.2) is 18.4 Å². The molecule has 3 aromatic rings. The number of benzene rings is 2. The van der Waals surface area contributed by atoms with Gasteiger partial charge in [-0.3, -0.25) is 0 Å². The first-order valence-corrected chi connectivity index (χ1v) is 12.0. The van der Waals surface area contributed by atoms with Gasteiger partial charge in [-0.15, -0.1) is 0 Å². The summed E-state index contributed by atoms with van der Waals surface area (Å²) in [4.78, 5) is 8.21. The molecule has 0 aliphatic rings. The Morgan fingerprint density at radius 2 is 1.30 bits per heavy atom. The van der Waals surface area contributed by atoms with Crippen LogP contribution in [-0.4, -0.2) is 47.3 Å². The summed E-state index contributed by atoms with van der Waals surface area (Å²) in [7, 11) is -0.795. The number of aliphatic hydroxyl groups is 1. The number of methoxy groups -OCH3 is 2. The predicted molar refractivity (Wildman–Crippen MR) is 125 cm³/mol. The average molecular weight is 472 g/mol. The Bertz CT molecular complexity index is 1080. The molecule has 3 rings (SSSR count). The van der Waals surface area contributed by atoms with Crippen LogP contribution < -0.4 is 9.47 Å². The second-order valence-corrected chi connectivity index (χ2v) is 10.1. The van der Waals surface area contributed by atoms with E-state index in [1.165, 1.54) is 11.2 Å². The lowest BCUT2D eigenvalue weighted by Gasteiger charge is -2.28. The third-order valence-corrected chi connectivity index (χ3v) is 7.55. The molecule has 1 N–H and O–H groups in total. The van der Waals surface area contributed by atoms with Gasteiger partial charge >= 0.3 is 0 Å². The summed E-state index contributed by atoms with van der Waals surface area (Å²) in [6.45, 7) is 3.55. The highest BCUT2D eigenvalue weighted by atomic mass is 32.2. The van der Waals surface area contributed by atoms with Crippen molar-refractivity contribution in [2.24, 2.45) is 0 Å². The van der Waals surface area contributed by atoms with Crippen molar-refractivity contribution >= 4 is 10.0 Å². The molecule has 0 aliphatic heterocycles. The van der Waals surface area contributed by atoms with Gasteiger partial charge in [-0.1, -0.05) is 24.3 Å². The highest BCUT2D eigenvalue weighted by Gasteiger charge is 2.36. The van der Waals surface area contributed by atoms with Gasteiger partial charge in [0.15, 0.2) is 5.82 Å². The molecule has 0 bridgehead atoms. The Kier molecular flexibility index (Phi) is 8.01. The molecule has 0 fully saturated rings. The zero-order chi connectivity index (χ0) is 24.0. The minimum Gasteiger partial charge on any atom is -0.497 e. The minimum atomic E-state index is -3.95.